The topological polar surface area (TPSA) is 42.7 Å². The van der Waals surface area contributed by atoms with Crippen molar-refractivity contribution in [3.8, 4) is 0 Å². The highest BCUT2D eigenvalue weighted by Crippen LogP contribution is 2.22. The molecule has 1 fully saturated rings. The average Bonchev–Trinajstić information content (AvgIpc) is 2.76. The van der Waals surface area contributed by atoms with E-state index in [2.05, 4.69) is 29.2 Å². The SMILES string of the molecule is CC(C)n1ncnc1CNC1CCC(Cl)CC1. The molecule has 0 saturated heterocycles. The van der Waals surface area contributed by atoms with E-state index in [1.807, 2.05) is 4.68 Å². The molecule has 5 heteroatoms. The van der Waals surface area contributed by atoms with E-state index in [9.17, 15) is 0 Å². The predicted molar refractivity (Wildman–Crippen MR) is 69.1 cm³/mol. The van der Waals surface area contributed by atoms with E-state index >= 15 is 0 Å². The Kier molecular flexibility index (Phi) is 4.40. The first-order chi connectivity index (χ1) is 8.16. The van der Waals surface area contributed by atoms with Crippen molar-refractivity contribution in [3.63, 3.8) is 0 Å². The van der Waals surface area contributed by atoms with Crippen LogP contribution in [0.3, 0.4) is 0 Å². The van der Waals surface area contributed by atoms with Crippen LogP contribution < -0.4 is 5.32 Å². The number of nitrogens with zero attached hydrogens (tertiary/aromatic N) is 3. The van der Waals surface area contributed by atoms with Crippen LogP contribution in [0.2, 0.25) is 0 Å². The van der Waals surface area contributed by atoms with Gasteiger partial charge in [-0.3, -0.25) is 0 Å². The summed E-state index contributed by atoms with van der Waals surface area (Å²) in [6.07, 6.45) is 6.22. The summed E-state index contributed by atoms with van der Waals surface area (Å²) in [5, 5.41) is 8.18. The quantitative estimate of drug-likeness (QED) is 0.842. The molecule has 0 amide bonds. The number of nitrogens with one attached hydrogen (secondary N) is 1. The lowest BCUT2D eigenvalue weighted by Crippen LogP contribution is -2.34. The van der Waals surface area contributed by atoms with Crippen molar-refractivity contribution in [2.45, 2.75) is 63.5 Å². The fourth-order valence-electron chi connectivity index (χ4n) is 2.32. The van der Waals surface area contributed by atoms with E-state index in [0.717, 1.165) is 25.2 Å². The van der Waals surface area contributed by atoms with E-state index in [0.29, 0.717) is 17.5 Å². The molecular formula is C12H21ClN4. The molecule has 1 aliphatic carbocycles. The highest BCUT2D eigenvalue weighted by Gasteiger charge is 2.19. The molecule has 0 spiro atoms. The maximum atomic E-state index is 6.09. The number of hydrogen-bond donors (Lipinski definition) is 1. The van der Waals surface area contributed by atoms with Crippen molar-refractivity contribution in [1.29, 1.82) is 0 Å². The maximum Gasteiger partial charge on any atom is 0.141 e. The first kappa shape index (κ1) is 12.8. The minimum atomic E-state index is 0.368. The second-order valence-electron chi connectivity index (χ2n) is 5.04. The van der Waals surface area contributed by atoms with Gasteiger partial charge in [-0.2, -0.15) is 5.10 Å². The first-order valence-corrected chi connectivity index (χ1v) is 6.86. The van der Waals surface area contributed by atoms with Crippen LogP contribution in [-0.4, -0.2) is 26.2 Å². The van der Waals surface area contributed by atoms with Gasteiger partial charge in [0.15, 0.2) is 0 Å². The lowest BCUT2D eigenvalue weighted by atomic mass is 9.95. The van der Waals surface area contributed by atoms with Crippen LogP contribution in [0, 0.1) is 0 Å². The maximum absolute atomic E-state index is 6.09. The van der Waals surface area contributed by atoms with Crippen molar-refractivity contribution in [2.24, 2.45) is 0 Å². The summed E-state index contributed by atoms with van der Waals surface area (Å²) in [4.78, 5) is 4.30. The number of rotatable bonds is 4. The van der Waals surface area contributed by atoms with Gasteiger partial charge in [-0.15, -0.1) is 11.6 Å². The Morgan fingerprint density at radius 2 is 2.12 bits per heavy atom. The molecule has 1 heterocycles. The van der Waals surface area contributed by atoms with Crippen LogP contribution in [-0.2, 0) is 6.54 Å². The van der Waals surface area contributed by atoms with Crippen LogP contribution in [0.15, 0.2) is 6.33 Å². The molecule has 1 N–H and O–H groups in total. The first-order valence-electron chi connectivity index (χ1n) is 6.42. The van der Waals surface area contributed by atoms with E-state index < -0.39 is 0 Å². The van der Waals surface area contributed by atoms with Crippen LogP contribution in [0.25, 0.3) is 0 Å². The van der Waals surface area contributed by atoms with Gasteiger partial charge in [0, 0.05) is 17.5 Å². The van der Waals surface area contributed by atoms with Gasteiger partial charge in [-0.05, 0) is 39.5 Å². The lowest BCUT2D eigenvalue weighted by molar-refractivity contribution is 0.366. The molecule has 0 radical (unpaired) electrons. The van der Waals surface area contributed by atoms with Gasteiger partial charge in [0.2, 0.25) is 0 Å². The van der Waals surface area contributed by atoms with Gasteiger partial charge in [-0.1, -0.05) is 0 Å². The van der Waals surface area contributed by atoms with E-state index in [1.165, 1.54) is 12.8 Å². The number of alkyl halides is 1. The Hall–Kier alpha value is -0.610. The highest BCUT2D eigenvalue weighted by atomic mass is 35.5. The third-order valence-electron chi connectivity index (χ3n) is 3.34. The monoisotopic (exact) mass is 256 g/mol. The van der Waals surface area contributed by atoms with Crippen molar-refractivity contribution in [2.75, 3.05) is 0 Å². The molecule has 0 bridgehead atoms. The van der Waals surface area contributed by atoms with Crippen LogP contribution in [0.1, 0.15) is 51.4 Å². The Morgan fingerprint density at radius 3 is 2.76 bits per heavy atom. The molecule has 0 unspecified atom stereocenters. The van der Waals surface area contributed by atoms with Crippen molar-refractivity contribution >= 4 is 11.6 Å². The minimum absolute atomic E-state index is 0.368. The molecule has 4 nitrogen and oxygen atoms in total. The molecule has 1 aromatic heterocycles. The lowest BCUT2D eigenvalue weighted by Gasteiger charge is -2.25. The number of aromatic nitrogens is 3. The van der Waals surface area contributed by atoms with E-state index in [4.69, 9.17) is 11.6 Å². The zero-order valence-corrected chi connectivity index (χ0v) is 11.3. The molecule has 1 aromatic rings. The molecule has 96 valence electrons. The fourth-order valence-corrected chi connectivity index (χ4v) is 2.58. The summed E-state index contributed by atoms with van der Waals surface area (Å²) in [6, 6.07) is 0.954. The second kappa shape index (κ2) is 5.83. The zero-order valence-electron chi connectivity index (χ0n) is 10.6. The fraction of sp³-hybridized carbons (Fsp3) is 0.833. The molecule has 0 aromatic carbocycles. The van der Waals surface area contributed by atoms with E-state index in [-0.39, 0.29) is 0 Å². The zero-order chi connectivity index (χ0) is 12.3. The summed E-state index contributed by atoms with van der Waals surface area (Å²) < 4.78 is 1.97. The van der Waals surface area contributed by atoms with Crippen molar-refractivity contribution in [1.82, 2.24) is 20.1 Å². The molecule has 2 rings (SSSR count). The summed E-state index contributed by atoms with van der Waals surface area (Å²) in [6.45, 7) is 5.05. The van der Waals surface area contributed by atoms with Gasteiger partial charge in [0.1, 0.15) is 12.2 Å². The summed E-state index contributed by atoms with van der Waals surface area (Å²) in [5.41, 5.74) is 0. The average molecular weight is 257 g/mol. The van der Waals surface area contributed by atoms with Gasteiger partial charge in [0.25, 0.3) is 0 Å². The smallest absolute Gasteiger partial charge is 0.141 e. The van der Waals surface area contributed by atoms with Crippen LogP contribution >= 0.6 is 11.6 Å². The molecule has 1 saturated carbocycles. The number of hydrogen-bond acceptors (Lipinski definition) is 3. The normalized spacial score (nSPS) is 25.4. The van der Waals surface area contributed by atoms with Crippen molar-refractivity contribution in [3.05, 3.63) is 12.2 Å². The Labute approximate surface area is 108 Å². The Morgan fingerprint density at radius 1 is 1.41 bits per heavy atom. The van der Waals surface area contributed by atoms with Crippen LogP contribution in [0.4, 0.5) is 0 Å². The van der Waals surface area contributed by atoms with Gasteiger partial charge in [0.05, 0.1) is 6.54 Å². The minimum Gasteiger partial charge on any atom is -0.307 e. The largest absolute Gasteiger partial charge is 0.307 e. The predicted octanol–water partition coefficient (Wildman–Crippen LogP) is 2.50. The summed E-state index contributed by atoms with van der Waals surface area (Å²) in [5.74, 6) is 1.02. The number of halogens is 1. The molecule has 17 heavy (non-hydrogen) atoms. The Balaban J connectivity index is 1.83. The Bertz CT molecular complexity index is 342. The summed E-state index contributed by atoms with van der Waals surface area (Å²) >= 11 is 6.09. The summed E-state index contributed by atoms with van der Waals surface area (Å²) in [7, 11) is 0. The van der Waals surface area contributed by atoms with Crippen molar-refractivity contribution < 1.29 is 0 Å². The van der Waals surface area contributed by atoms with Gasteiger partial charge >= 0.3 is 0 Å². The third-order valence-corrected chi connectivity index (χ3v) is 3.78. The highest BCUT2D eigenvalue weighted by molar-refractivity contribution is 6.20. The van der Waals surface area contributed by atoms with Gasteiger partial charge < -0.3 is 5.32 Å². The molecule has 0 aliphatic heterocycles. The molecule has 0 atom stereocenters. The standard InChI is InChI=1S/C12H21ClN4/c1-9(2)17-12(15-8-16-17)7-14-11-5-3-10(13)4-6-11/h8-11,14H,3-7H2,1-2H3. The molecule has 1 aliphatic rings. The van der Waals surface area contributed by atoms with E-state index in [1.54, 1.807) is 6.33 Å². The second-order valence-corrected chi connectivity index (χ2v) is 5.66. The van der Waals surface area contributed by atoms with Crippen LogP contribution in [0.5, 0.6) is 0 Å². The van der Waals surface area contributed by atoms with Gasteiger partial charge in [-0.25, -0.2) is 9.67 Å². The molecular weight excluding hydrogens is 236 g/mol. The third kappa shape index (κ3) is 3.42.